The molecule has 37 heteroatoms. The molecular weight excluding hydrogens is 1520 g/mol. The number of carboxylic acids is 1. The van der Waals surface area contributed by atoms with Crippen LogP contribution in [0.5, 0.6) is 0 Å². The number of aromatic nitrogens is 9. The molecule has 13 N–H and O–H groups in total. The van der Waals surface area contributed by atoms with Crippen LogP contribution in [0.2, 0.25) is 10.0 Å². The quantitative estimate of drug-likeness (QED) is 0.0144. The number of carboxylic acid groups (broad SMARTS) is 1. The Morgan fingerprint density at radius 1 is 0.549 bits per heavy atom. The lowest BCUT2D eigenvalue weighted by Gasteiger charge is -2.26. The Balaban J connectivity index is 0.000000237. The van der Waals surface area contributed by atoms with Gasteiger partial charge in [-0.05, 0) is 101 Å². The Hall–Kier alpha value is -13.0. The molecule has 0 bridgehead atoms. The van der Waals surface area contributed by atoms with Crippen LogP contribution in [-0.2, 0) is 66.2 Å². The first-order valence-electron chi connectivity index (χ1n) is 33.7. The van der Waals surface area contributed by atoms with E-state index >= 15 is 0 Å². The molecule has 30 nitrogen and oxygen atoms in total. The number of alkyl halides is 3. The second-order valence-electron chi connectivity index (χ2n) is 25.8. The Kier molecular flexibility index (Phi) is 32.4. The molecule has 0 aliphatic rings. The summed E-state index contributed by atoms with van der Waals surface area (Å²) in [5.41, 5.74) is 23.6. The maximum atomic E-state index is 14.1. The van der Waals surface area contributed by atoms with Gasteiger partial charge in [0.2, 0.25) is 24.0 Å². The zero-order valence-electron chi connectivity index (χ0n) is 61.1. The number of anilines is 6. The number of rotatable bonds is 25. The van der Waals surface area contributed by atoms with Gasteiger partial charge in [-0.3, -0.25) is 43.2 Å². The topological polar surface area (TPSA) is 429 Å². The van der Waals surface area contributed by atoms with E-state index in [9.17, 15) is 60.3 Å². The standard InChI is InChI=1S/C27H27ClFN7O3.C19H21N5O3.C15H13N5O3.C12H16ClFN2O.C2HF3O.CH4/c1-16(2)36(13-24(37)33-9-17-4-3-5-22(28)26(17)29)25(38)14-35-12-21(27(30)39)20-8-18(6-7-23(20)35)34-19-10-31-15-32-11-19;1-19(2,3)27-17(25)10-24-9-15(18(20)26)14-6-12(4-5-16(14)24)23-13-7-21-11-22-8-13;16-15(23)12-6-20(7-14(21)22)13-2-1-9(3-11(12)13)19-10-4-17-8-18-5-10;1-8(2)15-7-11(17)16-6-9-4-3-5-10(13)12(9)14;3-2(4,5)1-6;/h3-8,10-12,15-16,34H,9,13-14H2,1-2H3,(H2,30,39)(H,33,37);4-9,11,23H,10H2,1-3H3,(H2,20,26);1-6,8,19H,7H2,(H2,16,23)(H,21,22);3-5,8,15H,6-7H2,1-2H3,(H,16,17);1H;1H4. The molecule has 0 atom stereocenters. The van der Waals surface area contributed by atoms with Gasteiger partial charge in [0.05, 0.1) is 94.1 Å². The molecule has 5 aromatic carbocycles. The number of halogens is 7. The number of carbonyl (C=O) groups excluding carboxylic acids is 8. The van der Waals surface area contributed by atoms with Crippen molar-refractivity contribution < 1.29 is 74.9 Å². The highest BCUT2D eigenvalue weighted by Crippen LogP contribution is 2.31. The van der Waals surface area contributed by atoms with Gasteiger partial charge in [-0.2, -0.15) is 13.2 Å². The number of aliphatic carboxylic acids is 1. The van der Waals surface area contributed by atoms with E-state index in [0.717, 1.165) is 5.69 Å². The summed E-state index contributed by atoms with van der Waals surface area (Å²) in [4.78, 5) is 130. The van der Waals surface area contributed by atoms with Crippen molar-refractivity contribution in [2.45, 2.75) is 112 Å². The molecule has 0 unspecified atom stereocenters. The molecular formula is C76H82Cl2F5N19O11. The summed E-state index contributed by atoms with van der Waals surface area (Å²) < 4.78 is 69.0. The first kappa shape index (κ1) is 88.9. The molecule has 0 aliphatic carbocycles. The van der Waals surface area contributed by atoms with Crippen molar-refractivity contribution in [3.8, 4) is 0 Å². The van der Waals surface area contributed by atoms with Crippen LogP contribution in [0.15, 0.2) is 166 Å². The predicted molar refractivity (Wildman–Crippen MR) is 416 cm³/mol. The van der Waals surface area contributed by atoms with Crippen molar-refractivity contribution in [2.75, 3.05) is 29.0 Å². The Bertz CT molecular complexity index is 5160. The zero-order valence-corrected chi connectivity index (χ0v) is 62.7. The highest BCUT2D eigenvalue weighted by molar-refractivity contribution is 6.31. The number of carbonyl (C=O) groups is 9. The van der Waals surface area contributed by atoms with Gasteiger partial charge in [0.1, 0.15) is 55.9 Å². The van der Waals surface area contributed by atoms with Crippen molar-refractivity contribution in [1.82, 2.24) is 64.5 Å². The number of hydrogen-bond donors (Lipinski definition) is 10. The smallest absolute Gasteiger partial charge is 0.446 e. The van der Waals surface area contributed by atoms with Gasteiger partial charge < -0.3 is 77.5 Å². The number of ether oxygens (including phenoxy) is 1. The number of hydrogen-bond acceptors (Lipinski definition) is 20. The fraction of sp³-hybridized carbons (Fsp3) is 0.250. The van der Waals surface area contributed by atoms with Gasteiger partial charge in [0.25, 0.3) is 17.7 Å². The maximum absolute atomic E-state index is 14.1. The lowest BCUT2D eigenvalue weighted by atomic mass is 10.1. The van der Waals surface area contributed by atoms with E-state index in [-0.39, 0.29) is 110 Å². The van der Waals surface area contributed by atoms with Gasteiger partial charge >= 0.3 is 18.1 Å². The minimum Gasteiger partial charge on any atom is -0.480 e. The van der Waals surface area contributed by atoms with E-state index in [4.69, 9.17) is 55.0 Å². The van der Waals surface area contributed by atoms with E-state index < -0.39 is 59.3 Å². The van der Waals surface area contributed by atoms with Crippen molar-refractivity contribution in [1.29, 1.82) is 0 Å². The Morgan fingerprint density at radius 3 is 1.23 bits per heavy atom. The van der Waals surface area contributed by atoms with Crippen molar-refractivity contribution in [2.24, 2.45) is 17.2 Å². The zero-order chi connectivity index (χ0) is 82.1. The van der Waals surface area contributed by atoms with Crippen LogP contribution in [0.3, 0.4) is 0 Å². The van der Waals surface area contributed by atoms with Crippen LogP contribution in [0, 0.1) is 11.6 Å². The van der Waals surface area contributed by atoms with Crippen LogP contribution in [-0.4, -0.2) is 144 Å². The molecule has 6 aromatic heterocycles. The average Bonchev–Trinajstić information content (AvgIpc) is 1.65. The molecule has 0 aliphatic heterocycles. The van der Waals surface area contributed by atoms with Gasteiger partial charge in [-0.1, -0.05) is 68.7 Å². The predicted octanol–water partition coefficient (Wildman–Crippen LogP) is 11.1. The van der Waals surface area contributed by atoms with Gasteiger partial charge in [-0.25, -0.2) is 38.7 Å². The number of primary amides is 3. The number of nitrogens with zero attached hydrogens (tertiary/aromatic N) is 10. The number of nitrogens with one attached hydrogen (secondary N) is 6. The molecule has 0 saturated heterocycles. The third-order valence-corrected chi connectivity index (χ3v) is 16.0. The Morgan fingerprint density at radius 2 is 0.903 bits per heavy atom. The fourth-order valence-corrected chi connectivity index (χ4v) is 10.9. The van der Waals surface area contributed by atoms with Crippen LogP contribution >= 0.6 is 23.2 Å². The summed E-state index contributed by atoms with van der Waals surface area (Å²) in [6.07, 6.45) is 12.9. The van der Waals surface area contributed by atoms with E-state index in [1.807, 2.05) is 26.0 Å². The normalized spacial score (nSPS) is 10.9. The van der Waals surface area contributed by atoms with Crippen LogP contribution < -0.4 is 49.1 Å². The first-order valence-corrected chi connectivity index (χ1v) is 34.5. The Labute approximate surface area is 654 Å². The summed E-state index contributed by atoms with van der Waals surface area (Å²) in [5.74, 6) is -5.25. The van der Waals surface area contributed by atoms with E-state index in [2.05, 4.69) is 61.8 Å². The minimum atomic E-state index is -4.64. The van der Waals surface area contributed by atoms with Gasteiger partial charge in [0, 0.05) is 105 Å². The second-order valence-corrected chi connectivity index (χ2v) is 26.6. The van der Waals surface area contributed by atoms with E-state index in [1.54, 1.807) is 148 Å². The summed E-state index contributed by atoms with van der Waals surface area (Å²) in [6, 6.07) is 25.2. The molecule has 596 valence electrons. The molecule has 0 radical (unpaired) electrons. The highest BCUT2D eigenvalue weighted by Gasteiger charge is 2.26. The number of esters is 1. The second kappa shape index (κ2) is 41.1. The summed E-state index contributed by atoms with van der Waals surface area (Å²) in [5, 5.41) is 28.5. The van der Waals surface area contributed by atoms with Crippen molar-refractivity contribution in [3.05, 3.63) is 215 Å². The summed E-state index contributed by atoms with van der Waals surface area (Å²) in [7, 11) is 0. The number of benzene rings is 5. The summed E-state index contributed by atoms with van der Waals surface area (Å²) >= 11 is 11.4. The molecule has 113 heavy (non-hydrogen) atoms. The molecule has 6 heterocycles. The van der Waals surface area contributed by atoms with E-state index in [0.29, 0.717) is 72.3 Å². The number of fused-ring (bicyclic) bond motifs is 3. The maximum Gasteiger partial charge on any atom is 0.446 e. The summed E-state index contributed by atoms with van der Waals surface area (Å²) in [6.45, 7) is 12.6. The third-order valence-electron chi connectivity index (χ3n) is 15.4. The lowest BCUT2D eigenvalue weighted by molar-refractivity contribution is -0.156. The fourth-order valence-electron chi connectivity index (χ4n) is 10.5. The lowest BCUT2D eigenvalue weighted by Crippen LogP contribution is -2.45. The van der Waals surface area contributed by atoms with Gasteiger partial charge in [0.15, 0.2) is 0 Å². The van der Waals surface area contributed by atoms with Gasteiger partial charge in [-0.15, -0.1) is 0 Å². The van der Waals surface area contributed by atoms with Crippen molar-refractivity contribution >= 4 is 144 Å². The van der Waals surface area contributed by atoms with E-state index in [1.165, 1.54) is 59.0 Å². The molecule has 6 amide bonds. The largest absolute Gasteiger partial charge is 0.480 e. The molecule has 11 rings (SSSR count). The average molecular weight is 1600 g/mol. The number of aldehydes is 1. The number of amides is 6. The molecule has 0 fully saturated rings. The van der Waals surface area contributed by atoms with Crippen LogP contribution in [0.25, 0.3) is 32.7 Å². The molecule has 11 aromatic rings. The monoisotopic (exact) mass is 1600 g/mol. The highest BCUT2D eigenvalue weighted by atomic mass is 35.5. The van der Waals surface area contributed by atoms with Crippen LogP contribution in [0.1, 0.15) is 98.1 Å². The third kappa shape index (κ3) is 27.2. The molecule has 0 spiro atoms. The first-order chi connectivity index (χ1) is 53.0. The van der Waals surface area contributed by atoms with Crippen molar-refractivity contribution in [3.63, 3.8) is 0 Å². The molecule has 0 saturated carbocycles. The number of nitrogens with two attached hydrogens (primary N) is 3. The SMILES string of the molecule is C.CC(C)(C)OC(=O)Cn1cc(C(N)=O)c2cc(Nc3cncnc3)ccc21.CC(C)N(CC(=O)NCc1cccc(Cl)c1F)C(=O)Cn1cc(C(N)=O)c2cc(Nc3cncnc3)ccc21.CC(C)NCC(=O)NCc1cccc(Cl)c1F.NC(=O)c1cn(CC(=O)O)c2ccc(Nc3cncnc3)cc12.O=CC(F)(F)F. The minimum absolute atomic E-state index is 0. The van der Waals surface area contributed by atoms with Crippen LogP contribution in [0.4, 0.5) is 56.1 Å².